The fourth-order valence-corrected chi connectivity index (χ4v) is 1.77. The van der Waals surface area contributed by atoms with E-state index in [1.54, 1.807) is 0 Å². The molecule has 0 spiro atoms. The second-order valence-electron chi connectivity index (χ2n) is 2.38. The van der Waals surface area contributed by atoms with Crippen molar-refractivity contribution in [3.63, 3.8) is 0 Å². The number of primary sulfonamides is 1. The van der Waals surface area contributed by atoms with Gasteiger partial charge in [-0.05, 0) is 6.07 Å². The lowest BCUT2D eigenvalue weighted by atomic mass is 10.3. The van der Waals surface area contributed by atoms with Crippen LogP contribution in [0.1, 0.15) is 12.1 Å². The van der Waals surface area contributed by atoms with E-state index >= 15 is 0 Å². The highest BCUT2D eigenvalue weighted by Crippen LogP contribution is 2.25. The molecule has 4 nitrogen and oxygen atoms in total. The Morgan fingerprint density at radius 1 is 1.50 bits per heavy atom. The van der Waals surface area contributed by atoms with Gasteiger partial charge in [0, 0.05) is 6.20 Å². The fraction of sp³-hybridized carbons (Fsp3) is 0.167. The molecule has 0 amide bonds. The molecule has 0 fully saturated rings. The summed E-state index contributed by atoms with van der Waals surface area (Å²) in [5, 5.41) is 4.63. The molecule has 0 aliphatic rings. The highest BCUT2D eigenvalue weighted by molar-refractivity contribution is 7.89. The van der Waals surface area contributed by atoms with E-state index in [1.165, 1.54) is 0 Å². The molecular weight excluding hydrogens is 238 g/mol. The highest BCUT2D eigenvalue weighted by Gasteiger charge is 2.22. The third-order valence-electron chi connectivity index (χ3n) is 1.36. The molecule has 1 heterocycles. The maximum atomic E-state index is 12.3. The van der Waals surface area contributed by atoms with Crippen molar-refractivity contribution in [3.8, 4) is 0 Å². The van der Waals surface area contributed by atoms with Crippen LogP contribution in [0.25, 0.3) is 0 Å². The molecule has 2 N–H and O–H groups in total. The van der Waals surface area contributed by atoms with Crippen molar-refractivity contribution in [1.82, 2.24) is 4.98 Å². The number of pyridine rings is 1. The number of halogens is 3. The SMILES string of the molecule is NS(=O)(=O)c1cc(Cl)cnc1C(F)F. The van der Waals surface area contributed by atoms with Crippen LogP contribution < -0.4 is 5.14 Å². The molecule has 0 radical (unpaired) electrons. The molecule has 0 saturated heterocycles. The lowest BCUT2D eigenvalue weighted by Crippen LogP contribution is -2.15. The smallest absolute Gasteiger partial charge is 0.252 e. The second kappa shape index (κ2) is 3.76. The summed E-state index contributed by atoms with van der Waals surface area (Å²) in [5.41, 5.74) is -0.892. The van der Waals surface area contributed by atoms with Crippen LogP contribution in [0.4, 0.5) is 8.78 Å². The molecule has 0 aliphatic heterocycles. The van der Waals surface area contributed by atoms with E-state index in [4.69, 9.17) is 16.7 Å². The van der Waals surface area contributed by atoms with E-state index in [-0.39, 0.29) is 5.02 Å². The molecule has 1 aromatic heterocycles. The molecule has 1 rings (SSSR count). The summed E-state index contributed by atoms with van der Waals surface area (Å²) in [6, 6.07) is 0.839. The Hall–Kier alpha value is -0.790. The van der Waals surface area contributed by atoms with Gasteiger partial charge >= 0.3 is 0 Å². The summed E-state index contributed by atoms with van der Waals surface area (Å²) in [6.45, 7) is 0. The number of nitrogens with zero attached hydrogens (tertiary/aromatic N) is 1. The predicted octanol–water partition coefficient (Wildman–Crippen LogP) is 1.32. The van der Waals surface area contributed by atoms with E-state index in [9.17, 15) is 17.2 Å². The standard InChI is InChI=1S/C6H5ClF2N2O2S/c7-3-1-4(14(10,12)13)5(6(8)9)11-2-3/h1-2,6H,(H2,10,12,13). The van der Waals surface area contributed by atoms with Crippen molar-refractivity contribution >= 4 is 21.6 Å². The van der Waals surface area contributed by atoms with Crippen molar-refractivity contribution in [2.45, 2.75) is 11.3 Å². The van der Waals surface area contributed by atoms with Crippen LogP contribution in [0, 0.1) is 0 Å². The average Bonchev–Trinajstić information content (AvgIpc) is 2.01. The van der Waals surface area contributed by atoms with Crippen molar-refractivity contribution < 1.29 is 17.2 Å². The summed E-state index contributed by atoms with van der Waals surface area (Å²) in [7, 11) is -4.23. The van der Waals surface area contributed by atoms with Crippen molar-refractivity contribution in [2.24, 2.45) is 5.14 Å². The zero-order chi connectivity index (χ0) is 10.9. The zero-order valence-electron chi connectivity index (χ0n) is 6.62. The third kappa shape index (κ3) is 2.37. The van der Waals surface area contributed by atoms with Gasteiger partial charge in [-0.1, -0.05) is 11.6 Å². The van der Waals surface area contributed by atoms with Crippen LogP contribution in [0.2, 0.25) is 5.02 Å². The van der Waals surface area contributed by atoms with Crippen LogP contribution >= 0.6 is 11.6 Å². The lowest BCUT2D eigenvalue weighted by molar-refractivity contribution is 0.142. The maximum Gasteiger partial charge on any atom is 0.281 e. The average molecular weight is 243 g/mol. The molecule has 1 aromatic rings. The largest absolute Gasteiger partial charge is 0.281 e. The van der Waals surface area contributed by atoms with E-state index in [1.807, 2.05) is 0 Å². The molecule has 0 bridgehead atoms. The van der Waals surface area contributed by atoms with Gasteiger partial charge in [0.2, 0.25) is 10.0 Å². The van der Waals surface area contributed by atoms with Crippen LogP contribution in [0.15, 0.2) is 17.2 Å². The van der Waals surface area contributed by atoms with Crippen LogP contribution in [-0.4, -0.2) is 13.4 Å². The van der Waals surface area contributed by atoms with Crippen molar-refractivity contribution in [3.05, 3.63) is 23.0 Å². The first-order valence-corrected chi connectivity index (χ1v) is 5.21. The van der Waals surface area contributed by atoms with Crippen molar-refractivity contribution in [1.29, 1.82) is 0 Å². The van der Waals surface area contributed by atoms with Gasteiger partial charge < -0.3 is 0 Å². The van der Waals surface area contributed by atoms with Gasteiger partial charge in [-0.2, -0.15) is 0 Å². The van der Waals surface area contributed by atoms with Crippen LogP contribution in [-0.2, 0) is 10.0 Å². The van der Waals surface area contributed by atoms with E-state index in [0.29, 0.717) is 0 Å². The third-order valence-corrected chi connectivity index (χ3v) is 2.51. The normalized spacial score (nSPS) is 12.1. The molecule has 0 aliphatic carbocycles. The second-order valence-corrected chi connectivity index (χ2v) is 4.35. The molecule has 78 valence electrons. The number of rotatable bonds is 2. The number of hydrogen-bond donors (Lipinski definition) is 1. The van der Waals surface area contributed by atoms with Gasteiger partial charge in [0.25, 0.3) is 6.43 Å². The Kier molecular flexibility index (Phi) is 3.03. The van der Waals surface area contributed by atoms with E-state index in [2.05, 4.69) is 4.98 Å². The minimum atomic E-state index is -4.23. The first kappa shape index (κ1) is 11.3. The number of hydrogen-bond acceptors (Lipinski definition) is 3. The predicted molar refractivity (Wildman–Crippen MR) is 45.6 cm³/mol. The van der Waals surface area contributed by atoms with Crippen molar-refractivity contribution in [2.75, 3.05) is 0 Å². The number of sulfonamides is 1. The Morgan fingerprint density at radius 2 is 2.07 bits per heavy atom. The summed E-state index contributed by atoms with van der Waals surface area (Å²) in [6.07, 6.45) is -2.09. The number of alkyl halides is 2. The zero-order valence-corrected chi connectivity index (χ0v) is 8.19. The first-order valence-electron chi connectivity index (χ1n) is 3.29. The summed E-state index contributed by atoms with van der Waals surface area (Å²) >= 11 is 5.40. The lowest BCUT2D eigenvalue weighted by Gasteiger charge is -2.05. The molecule has 8 heteroatoms. The van der Waals surface area contributed by atoms with Gasteiger partial charge in [0.15, 0.2) is 0 Å². The van der Waals surface area contributed by atoms with Crippen LogP contribution in [0.5, 0.6) is 0 Å². The summed E-state index contributed by atoms with van der Waals surface area (Å²) in [5.74, 6) is 0. The quantitative estimate of drug-likeness (QED) is 0.850. The summed E-state index contributed by atoms with van der Waals surface area (Å²) < 4.78 is 46.2. The van der Waals surface area contributed by atoms with Gasteiger partial charge in [0.1, 0.15) is 10.6 Å². The minimum Gasteiger partial charge on any atom is -0.252 e. The number of nitrogens with two attached hydrogens (primary N) is 1. The molecular formula is C6H5ClF2N2O2S. The van der Waals surface area contributed by atoms with Gasteiger partial charge in [0.05, 0.1) is 5.02 Å². The van der Waals surface area contributed by atoms with Gasteiger partial charge in [-0.15, -0.1) is 0 Å². The number of aromatic nitrogens is 1. The van der Waals surface area contributed by atoms with Gasteiger partial charge in [-0.25, -0.2) is 22.3 Å². The van der Waals surface area contributed by atoms with Gasteiger partial charge in [-0.3, -0.25) is 4.98 Å². The maximum absolute atomic E-state index is 12.3. The Bertz CT molecular complexity index is 449. The summed E-state index contributed by atoms with van der Waals surface area (Å²) in [4.78, 5) is 2.45. The Balaban J connectivity index is 3.46. The topological polar surface area (TPSA) is 73.1 Å². The fourth-order valence-electron chi connectivity index (χ4n) is 0.823. The molecule has 0 aromatic carbocycles. The highest BCUT2D eigenvalue weighted by atomic mass is 35.5. The van der Waals surface area contributed by atoms with Crippen LogP contribution in [0.3, 0.4) is 0 Å². The molecule has 14 heavy (non-hydrogen) atoms. The van der Waals surface area contributed by atoms with E-state index in [0.717, 1.165) is 12.3 Å². The van der Waals surface area contributed by atoms with E-state index < -0.39 is 27.0 Å². The molecule has 0 unspecified atom stereocenters. The molecule has 0 saturated carbocycles. The Labute approximate surface area is 83.8 Å². The monoisotopic (exact) mass is 242 g/mol. The Morgan fingerprint density at radius 3 is 2.50 bits per heavy atom. The molecule has 0 atom stereocenters. The first-order chi connectivity index (χ1) is 6.32. The minimum absolute atomic E-state index is 0.0709.